The first kappa shape index (κ1) is 13.9. The van der Waals surface area contributed by atoms with E-state index in [1.165, 1.54) is 7.05 Å². The van der Waals surface area contributed by atoms with Crippen LogP contribution in [0.1, 0.15) is 37.7 Å². The Hall–Kier alpha value is -1.50. The molecule has 19 heavy (non-hydrogen) atoms. The number of alkyl halides is 2. The summed E-state index contributed by atoms with van der Waals surface area (Å²) in [6.07, 6.45) is 0.795. The van der Waals surface area contributed by atoms with Crippen LogP contribution in [0, 0.1) is 0 Å². The van der Waals surface area contributed by atoms with Crippen LogP contribution in [0.25, 0.3) is 0 Å². The standard InChI is InChI=1S/C12H18F2N4O/c1-18-12(19)9(11(13)14)6-10(17-18)16-8-4-2-7(15)3-5-8/h6-8,11H,2-5,15H2,1H3,(H,16,17). The minimum Gasteiger partial charge on any atom is -0.366 e. The molecule has 106 valence electrons. The molecule has 1 aromatic rings. The van der Waals surface area contributed by atoms with Crippen molar-refractivity contribution in [2.45, 2.75) is 44.2 Å². The van der Waals surface area contributed by atoms with Crippen LogP contribution in [-0.2, 0) is 7.05 Å². The minimum absolute atomic E-state index is 0.176. The predicted octanol–water partition coefficient (Wildman–Crippen LogP) is 1.40. The van der Waals surface area contributed by atoms with Gasteiger partial charge in [0, 0.05) is 19.1 Å². The molecule has 1 saturated carbocycles. The van der Waals surface area contributed by atoms with Gasteiger partial charge >= 0.3 is 0 Å². The number of halogens is 2. The first-order valence-corrected chi connectivity index (χ1v) is 6.36. The van der Waals surface area contributed by atoms with Gasteiger partial charge in [-0.2, -0.15) is 5.10 Å². The van der Waals surface area contributed by atoms with Gasteiger partial charge in [-0.3, -0.25) is 4.79 Å². The molecule has 1 aromatic heterocycles. The van der Waals surface area contributed by atoms with Gasteiger partial charge in [0.05, 0.1) is 5.56 Å². The van der Waals surface area contributed by atoms with Crippen LogP contribution in [0.15, 0.2) is 10.9 Å². The summed E-state index contributed by atoms with van der Waals surface area (Å²) in [6, 6.07) is 1.54. The molecule has 3 N–H and O–H groups in total. The fraction of sp³-hybridized carbons (Fsp3) is 0.667. The van der Waals surface area contributed by atoms with E-state index in [1.54, 1.807) is 0 Å². The molecule has 1 heterocycles. The Labute approximate surface area is 109 Å². The second-order valence-electron chi connectivity index (χ2n) is 4.97. The van der Waals surface area contributed by atoms with E-state index in [-0.39, 0.29) is 12.1 Å². The maximum atomic E-state index is 12.7. The van der Waals surface area contributed by atoms with Crippen molar-refractivity contribution in [3.8, 4) is 0 Å². The number of nitrogens with zero attached hydrogens (tertiary/aromatic N) is 2. The Morgan fingerprint density at radius 2 is 2.05 bits per heavy atom. The van der Waals surface area contributed by atoms with E-state index in [4.69, 9.17) is 5.73 Å². The van der Waals surface area contributed by atoms with Crippen molar-refractivity contribution in [2.75, 3.05) is 5.32 Å². The molecule has 0 amide bonds. The monoisotopic (exact) mass is 272 g/mol. The van der Waals surface area contributed by atoms with E-state index in [1.807, 2.05) is 0 Å². The molecule has 0 saturated heterocycles. The van der Waals surface area contributed by atoms with E-state index in [9.17, 15) is 13.6 Å². The Morgan fingerprint density at radius 1 is 1.42 bits per heavy atom. The maximum absolute atomic E-state index is 12.7. The van der Waals surface area contributed by atoms with Gasteiger partial charge in [-0.1, -0.05) is 0 Å². The van der Waals surface area contributed by atoms with Gasteiger partial charge in [0.15, 0.2) is 0 Å². The van der Waals surface area contributed by atoms with Gasteiger partial charge in [-0.05, 0) is 31.7 Å². The lowest BCUT2D eigenvalue weighted by Crippen LogP contribution is -2.34. The number of hydrogen-bond donors (Lipinski definition) is 2. The summed E-state index contributed by atoms with van der Waals surface area (Å²) in [5.74, 6) is 0.317. The van der Waals surface area contributed by atoms with Gasteiger partial charge in [-0.15, -0.1) is 0 Å². The largest absolute Gasteiger partial charge is 0.366 e. The normalized spacial score (nSPS) is 23.6. The lowest BCUT2D eigenvalue weighted by atomic mass is 9.92. The molecule has 0 bridgehead atoms. The van der Waals surface area contributed by atoms with E-state index in [0.29, 0.717) is 5.82 Å². The van der Waals surface area contributed by atoms with Gasteiger partial charge in [0.1, 0.15) is 5.82 Å². The summed E-state index contributed by atoms with van der Waals surface area (Å²) >= 11 is 0. The van der Waals surface area contributed by atoms with Crippen molar-refractivity contribution in [3.63, 3.8) is 0 Å². The van der Waals surface area contributed by atoms with Crippen molar-refractivity contribution >= 4 is 5.82 Å². The highest BCUT2D eigenvalue weighted by Gasteiger charge is 2.20. The fourth-order valence-corrected chi connectivity index (χ4v) is 2.33. The summed E-state index contributed by atoms with van der Waals surface area (Å²) in [7, 11) is 1.37. The molecule has 0 aromatic carbocycles. The predicted molar refractivity (Wildman–Crippen MR) is 68.3 cm³/mol. The number of aryl methyl sites for hydroxylation is 1. The molecule has 2 rings (SSSR count). The highest BCUT2D eigenvalue weighted by Crippen LogP contribution is 2.22. The summed E-state index contributed by atoms with van der Waals surface area (Å²) in [6.45, 7) is 0. The van der Waals surface area contributed by atoms with Crippen LogP contribution in [-0.4, -0.2) is 21.9 Å². The molecule has 1 fully saturated rings. The maximum Gasteiger partial charge on any atom is 0.275 e. The third-order valence-electron chi connectivity index (χ3n) is 3.45. The zero-order chi connectivity index (χ0) is 14.0. The lowest BCUT2D eigenvalue weighted by molar-refractivity contribution is 0.148. The lowest BCUT2D eigenvalue weighted by Gasteiger charge is -2.27. The molecule has 0 spiro atoms. The number of aromatic nitrogens is 2. The minimum atomic E-state index is -2.79. The molecule has 1 aliphatic rings. The zero-order valence-corrected chi connectivity index (χ0v) is 10.8. The molecule has 0 atom stereocenters. The number of nitrogens with two attached hydrogens (primary N) is 1. The molecule has 0 unspecified atom stereocenters. The van der Waals surface area contributed by atoms with Crippen LogP contribution in [0.4, 0.5) is 14.6 Å². The molecule has 0 aliphatic heterocycles. The average molecular weight is 272 g/mol. The second-order valence-corrected chi connectivity index (χ2v) is 4.97. The fourth-order valence-electron chi connectivity index (χ4n) is 2.33. The summed E-state index contributed by atoms with van der Waals surface area (Å²) < 4.78 is 26.4. The van der Waals surface area contributed by atoms with Crippen LogP contribution in [0.5, 0.6) is 0 Å². The molecular formula is C12H18F2N4O. The van der Waals surface area contributed by atoms with E-state index in [2.05, 4.69) is 10.4 Å². The third kappa shape index (κ3) is 3.28. The van der Waals surface area contributed by atoms with Crippen LogP contribution < -0.4 is 16.6 Å². The SMILES string of the molecule is Cn1nc(NC2CCC(N)CC2)cc(C(F)F)c1=O. The molecule has 0 radical (unpaired) electrons. The van der Waals surface area contributed by atoms with Crippen LogP contribution in [0.2, 0.25) is 0 Å². The van der Waals surface area contributed by atoms with E-state index >= 15 is 0 Å². The first-order chi connectivity index (χ1) is 8.97. The molecule has 1 aliphatic carbocycles. The highest BCUT2D eigenvalue weighted by atomic mass is 19.3. The van der Waals surface area contributed by atoms with E-state index in [0.717, 1.165) is 36.4 Å². The summed E-state index contributed by atoms with van der Waals surface area (Å²) in [5, 5.41) is 7.06. The smallest absolute Gasteiger partial charge is 0.275 e. The molecular weight excluding hydrogens is 254 g/mol. The second kappa shape index (κ2) is 5.64. The van der Waals surface area contributed by atoms with Gasteiger partial charge in [-0.25, -0.2) is 13.5 Å². The van der Waals surface area contributed by atoms with Crippen molar-refractivity contribution in [2.24, 2.45) is 12.8 Å². The Balaban J connectivity index is 2.15. The van der Waals surface area contributed by atoms with Gasteiger partial charge < -0.3 is 11.1 Å². The number of anilines is 1. The van der Waals surface area contributed by atoms with Crippen molar-refractivity contribution in [1.82, 2.24) is 9.78 Å². The summed E-state index contributed by atoms with van der Waals surface area (Å²) in [4.78, 5) is 11.5. The number of rotatable bonds is 3. The number of hydrogen-bond acceptors (Lipinski definition) is 4. The highest BCUT2D eigenvalue weighted by molar-refractivity contribution is 5.37. The van der Waals surface area contributed by atoms with Gasteiger partial charge in [0.25, 0.3) is 12.0 Å². The molecule has 5 nitrogen and oxygen atoms in total. The third-order valence-corrected chi connectivity index (χ3v) is 3.45. The van der Waals surface area contributed by atoms with Crippen molar-refractivity contribution in [3.05, 3.63) is 22.0 Å². The van der Waals surface area contributed by atoms with Crippen LogP contribution >= 0.6 is 0 Å². The molecule has 7 heteroatoms. The topological polar surface area (TPSA) is 72.9 Å². The Kier molecular flexibility index (Phi) is 4.14. The van der Waals surface area contributed by atoms with Crippen molar-refractivity contribution in [1.29, 1.82) is 0 Å². The zero-order valence-electron chi connectivity index (χ0n) is 10.8. The van der Waals surface area contributed by atoms with Gasteiger partial charge in [0.2, 0.25) is 0 Å². The van der Waals surface area contributed by atoms with Crippen LogP contribution in [0.3, 0.4) is 0 Å². The Morgan fingerprint density at radius 3 is 2.63 bits per heavy atom. The number of nitrogens with one attached hydrogen (secondary N) is 1. The van der Waals surface area contributed by atoms with Crippen molar-refractivity contribution < 1.29 is 8.78 Å². The summed E-state index contributed by atoms with van der Waals surface area (Å²) in [5.41, 5.74) is 4.53. The average Bonchev–Trinajstić information content (AvgIpc) is 2.36. The first-order valence-electron chi connectivity index (χ1n) is 6.36. The van der Waals surface area contributed by atoms with E-state index < -0.39 is 17.5 Å². The quantitative estimate of drug-likeness (QED) is 0.872. The Bertz CT molecular complexity index is 495.